The van der Waals surface area contributed by atoms with E-state index >= 15 is 0 Å². The number of carbonyl (C=O) groups is 1. The number of hydrogen-bond donors (Lipinski definition) is 1. The van der Waals surface area contributed by atoms with Gasteiger partial charge in [-0.1, -0.05) is 73.7 Å². The summed E-state index contributed by atoms with van der Waals surface area (Å²) < 4.78 is 28.3. The lowest BCUT2D eigenvalue weighted by atomic mass is 10.0. The molecule has 1 N–H and O–H groups in total. The Hall–Kier alpha value is -3.90. The number of hydrogen-bond acceptors (Lipinski definition) is 3. The van der Waals surface area contributed by atoms with Gasteiger partial charge in [0.2, 0.25) is 0 Å². The number of aryl methyl sites for hydroxylation is 2. The first-order chi connectivity index (χ1) is 16.9. The number of amides is 1. The van der Waals surface area contributed by atoms with Crippen molar-refractivity contribution in [1.29, 1.82) is 0 Å². The van der Waals surface area contributed by atoms with Crippen LogP contribution in [-0.2, 0) is 23.0 Å². The lowest BCUT2D eigenvalue weighted by Gasteiger charge is -2.25. The third-order valence-corrected chi connectivity index (χ3v) is 7.68. The fourth-order valence-electron chi connectivity index (χ4n) is 3.94. The van der Waals surface area contributed by atoms with Crippen molar-refractivity contribution in [1.82, 2.24) is 0 Å². The zero-order valence-corrected chi connectivity index (χ0v) is 20.6. The molecule has 0 aliphatic heterocycles. The largest absolute Gasteiger partial charge is 0.321 e. The molecule has 0 saturated carbocycles. The van der Waals surface area contributed by atoms with Crippen molar-refractivity contribution < 1.29 is 13.2 Å². The van der Waals surface area contributed by atoms with Crippen LogP contribution in [0.25, 0.3) is 0 Å². The average Bonchev–Trinajstić information content (AvgIpc) is 2.89. The van der Waals surface area contributed by atoms with Crippen LogP contribution in [0.5, 0.6) is 0 Å². The third-order valence-electron chi connectivity index (χ3n) is 5.90. The SMILES string of the molecule is CCc1cccc(C)c1NC(=O)c1ccc(CN(c2ccccc2)S(=O)(=O)c2ccccc2)cc1. The molecule has 0 aliphatic rings. The summed E-state index contributed by atoms with van der Waals surface area (Å²) in [6.07, 6.45) is 0.821. The van der Waals surface area contributed by atoms with Gasteiger partial charge in [-0.3, -0.25) is 9.10 Å². The van der Waals surface area contributed by atoms with Crippen LogP contribution in [0.1, 0.15) is 34.0 Å². The molecule has 4 aromatic rings. The molecule has 35 heavy (non-hydrogen) atoms. The van der Waals surface area contributed by atoms with Crippen molar-refractivity contribution >= 4 is 27.3 Å². The highest BCUT2D eigenvalue weighted by Crippen LogP contribution is 2.26. The van der Waals surface area contributed by atoms with Crippen molar-refractivity contribution in [3.8, 4) is 0 Å². The molecule has 5 nitrogen and oxygen atoms in total. The molecule has 0 bridgehead atoms. The molecule has 1 amide bonds. The monoisotopic (exact) mass is 484 g/mol. The van der Waals surface area contributed by atoms with Crippen molar-refractivity contribution in [2.75, 3.05) is 9.62 Å². The van der Waals surface area contributed by atoms with Crippen molar-refractivity contribution in [3.63, 3.8) is 0 Å². The van der Waals surface area contributed by atoms with Gasteiger partial charge in [0.15, 0.2) is 0 Å². The molecule has 0 atom stereocenters. The molecule has 0 saturated heterocycles. The van der Waals surface area contributed by atoms with E-state index in [0.29, 0.717) is 11.3 Å². The van der Waals surface area contributed by atoms with Gasteiger partial charge in [0, 0.05) is 11.3 Å². The quantitative estimate of drug-likeness (QED) is 0.324. The van der Waals surface area contributed by atoms with Gasteiger partial charge in [-0.25, -0.2) is 8.42 Å². The Labute approximate surface area is 207 Å². The number of benzene rings is 4. The van der Waals surface area contributed by atoms with Crippen LogP contribution in [0.3, 0.4) is 0 Å². The van der Waals surface area contributed by atoms with Crippen LogP contribution < -0.4 is 9.62 Å². The van der Waals surface area contributed by atoms with Crippen LogP contribution in [0.2, 0.25) is 0 Å². The van der Waals surface area contributed by atoms with Crippen LogP contribution >= 0.6 is 0 Å². The fourth-order valence-corrected chi connectivity index (χ4v) is 5.42. The van der Waals surface area contributed by atoms with Crippen LogP contribution in [0, 0.1) is 6.92 Å². The predicted molar refractivity (Wildman–Crippen MR) is 141 cm³/mol. The molecule has 0 radical (unpaired) electrons. The van der Waals surface area contributed by atoms with E-state index in [9.17, 15) is 13.2 Å². The Morgan fingerprint density at radius 2 is 1.43 bits per heavy atom. The molecule has 0 fully saturated rings. The van der Waals surface area contributed by atoms with Gasteiger partial charge >= 0.3 is 0 Å². The summed E-state index contributed by atoms with van der Waals surface area (Å²) in [6, 6.07) is 30.4. The molecule has 6 heteroatoms. The number of para-hydroxylation sites is 2. The summed E-state index contributed by atoms with van der Waals surface area (Å²) in [4.78, 5) is 13.1. The van der Waals surface area contributed by atoms with Gasteiger partial charge in [-0.2, -0.15) is 0 Å². The average molecular weight is 485 g/mol. The normalized spacial score (nSPS) is 11.1. The molecular formula is C29H28N2O3S. The Kier molecular flexibility index (Phi) is 7.32. The first kappa shape index (κ1) is 24.2. The van der Waals surface area contributed by atoms with E-state index in [4.69, 9.17) is 0 Å². The second-order valence-corrected chi connectivity index (χ2v) is 10.1. The molecule has 0 heterocycles. The number of nitrogens with one attached hydrogen (secondary N) is 1. The summed E-state index contributed by atoms with van der Waals surface area (Å²) in [5.41, 5.74) is 4.79. The van der Waals surface area contributed by atoms with Crippen LogP contribution in [0.15, 0.2) is 108 Å². The summed E-state index contributed by atoms with van der Waals surface area (Å²) in [5, 5.41) is 3.03. The van der Waals surface area contributed by atoms with E-state index in [-0.39, 0.29) is 17.3 Å². The van der Waals surface area contributed by atoms with Crippen LogP contribution in [0.4, 0.5) is 11.4 Å². The first-order valence-electron chi connectivity index (χ1n) is 11.5. The zero-order valence-electron chi connectivity index (χ0n) is 19.8. The first-order valence-corrected chi connectivity index (χ1v) is 13.0. The molecule has 4 rings (SSSR count). The second-order valence-electron chi connectivity index (χ2n) is 8.27. The van der Waals surface area contributed by atoms with E-state index in [1.807, 2.05) is 43.3 Å². The Balaban J connectivity index is 1.59. The van der Waals surface area contributed by atoms with E-state index in [1.54, 1.807) is 66.7 Å². The summed E-state index contributed by atoms with van der Waals surface area (Å²) >= 11 is 0. The number of rotatable bonds is 8. The number of carbonyl (C=O) groups excluding carboxylic acids is 1. The van der Waals surface area contributed by atoms with E-state index in [1.165, 1.54) is 4.31 Å². The number of nitrogens with zero attached hydrogens (tertiary/aromatic N) is 1. The lowest BCUT2D eigenvalue weighted by Crippen LogP contribution is -2.30. The molecule has 0 aliphatic carbocycles. The minimum Gasteiger partial charge on any atom is -0.321 e. The van der Waals surface area contributed by atoms with Gasteiger partial charge in [0.05, 0.1) is 17.1 Å². The Morgan fingerprint density at radius 3 is 2.06 bits per heavy atom. The Morgan fingerprint density at radius 1 is 0.800 bits per heavy atom. The van der Waals surface area contributed by atoms with Crippen molar-refractivity contribution in [3.05, 3.63) is 125 Å². The fraction of sp³-hybridized carbons (Fsp3) is 0.138. The van der Waals surface area contributed by atoms with Gasteiger partial charge in [-0.05, 0) is 66.4 Å². The van der Waals surface area contributed by atoms with Gasteiger partial charge < -0.3 is 5.32 Å². The molecule has 0 spiro atoms. The molecule has 4 aromatic carbocycles. The highest BCUT2D eigenvalue weighted by atomic mass is 32.2. The van der Waals surface area contributed by atoms with Crippen LogP contribution in [-0.4, -0.2) is 14.3 Å². The zero-order chi connectivity index (χ0) is 24.8. The smallest absolute Gasteiger partial charge is 0.264 e. The number of anilines is 2. The van der Waals surface area contributed by atoms with E-state index in [0.717, 1.165) is 28.8 Å². The molecule has 0 unspecified atom stereocenters. The minimum atomic E-state index is -3.78. The summed E-state index contributed by atoms with van der Waals surface area (Å²) in [5.74, 6) is -0.197. The van der Waals surface area contributed by atoms with Crippen molar-refractivity contribution in [2.24, 2.45) is 0 Å². The molecule has 178 valence electrons. The predicted octanol–water partition coefficient (Wildman–Crippen LogP) is 6.21. The Bertz CT molecular complexity index is 1400. The number of sulfonamides is 1. The maximum absolute atomic E-state index is 13.5. The highest BCUT2D eigenvalue weighted by Gasteiger charge is 2.25. The highest BCUT2D eigenvalue weighted by molar-refractivity contribution is 7.92. The van der Waals surface area contributed by atoms with Gasteiger partial charge in [0.1, 0.15) is 0 Å². The summed E-state index contributed by atoms with van der Waals surface area (Å²) in [7, 11) is -3.78. The maximum atomic E-state index is 13.5. The van der Waals surface area contributed by atoms with Crippen molar-refractivity contribution in [2.45, 2.75) is 31.7 Å². The van der Waals surface area contributed by atoms with E-state index < -0.39 is 10.0 Å². The molecule has 0 aromatic heterocycles. The standard InChI is InChI=1S/C29H28N2O3S/c1-3-24-12-10-11-22(2)28(24)30-29(32)25-19-17-23(18-20-25)21-31(26-13-6-4-7-14-26)35(33,34)27-15-8-5-9-16-27/h4-20H,3,21H2,1-2H3,(H,30,32). The summed E-state index contributed by atoms with van der Waals surface area (Å²) in [6.45, 7) is 4.17. The molecular weight excluding hydrogens is 456 g/mol. The minimum absolute atomic E-state index is 0.140. The third kappa shape index (κ3) is 5.44. The lowest BCUT2D eigenvalue weighted by molar-refractivity contribution is 0.102. The van der Waals surface area contributed by atoms with Gasteiger partial charge in [-0.15, -0.1) is 0 Å². The second kappa shape index (κ2) is 10.6. The maximum Gasteiger partial charge on any atom is 0.264 e. The van der Waals surface area contributed by atoms with Gasteiger partial charge in [0.25, 0.3) is 15.9 Å². The van der Waals surface area contributed by atoms with E-state index in [2.05, 4.69) is 12.2 Å². The topological polar surface area (TPSA) is 66.5 Å².